The molecule has 5 heteroatoms. The third-order valence-electron chi connectivity index (χ3n) is 4.61. The van der Waals surface area contributed by atoms with E-state index in [1.165, 1.54) is 0 Å². The normalized spacial score (nSPS) is 29.3. The first kappa shape index (κ1) is 14.7. The average molecular weight is 352 g/mol. The van der Waals surface area contributed by atoms with E-state index in [1.54, 1.807) is 7.11 Å². The van der Waals surface area contributed by atoms with Gasteiger partial charge in [0.05, 0.1) is 12.5 Å². The number of piperidine rings is 1. The Bertz CT molecular complexity index is 585. The Kier molecular flexibility index (Phi) is 3.88. The molecule has 1 aliphatic carbocycles. The van der Waals surface area contributed by atoms with Crippen LogP contribution in [0.2, 0.25) is 0 Å². The first-order valence-electron chi connectivity index (χ1n) is 7.15. The van der Waals surface area contributed by atoms with Crippen molar-refractivity contribution in [3.05, 3.63) is 34.3 Å². The molecular weight excluding hydrogens is 334 g/mol. The highest BCUT2D eigenvalue weighted by Crippen LogP contribution is 2.57. The highest BCUT2D eigenvalue weighted by Gasteiger charge is 2.57. The van der Waals surface area contributed by atoms with Gasteiger partial charge in [-0.2, -0.15) is 0 Å². The zero-order chi connectivity index (χ0) is 15.0. The molecule has 1 aromatic rings. The maximum atomic E-state index is 12.6. The van der Waals surface area contributed by atoms with Crippen molar-refractivity contribution < 1.29 is 14.3 Å². The SMILES string of the molecule is COCC1(C2CC2)CC(=O)NC(=O)C1c1ccccc1Br. The summed E-state index contributed by atoms with van der Waals surface area (Å²) >= 11 is 3.54. The fraction of sp³-hybridized carbons (Fsp3) is 0.500. The van der Waals surface area contributed by atoms with Gasteiger partial charge in [0.2, 0.25) is 11.8 Å². The maximum Gasteiger partial charge on any atom is 0.234 e. The summed E-state index contributed by atoms with van der Waals surface area (Å²) in [5, 5.41) is 2.50. The van der Waals surface area contributed by atoms with Gasteiger partial charge in [-0.05, 0) is 30.4 Å². The molecular formula is C16H18BrNO3. The zero-order valence-electron chi connectivity index (χ0n) is 11.9. The van der Waals surface area contributed by atoms with Crippen LogP contribution in [0.5, 0.6) is 0 Å². The van der Waals surface area contributed by atoms with E-state index < -0.39 is 5.41 Å². The van der Waals surface area contributed by atoms with Crippen molar-refractivity contribution >= 4 is 27.7 Å². The van der Waals surface area contributed by atoms with Crippen LogP contribution in [0.1, 0.15) is 30.7 Å². The predicted octanol–water partition coefficient (Wildman–Crippen LogP) is 2.62. The Balaban J connectivity index is 2.10. The number of hydrogen-bond acceptors (Lipinski definition) is 3. The summed E-state index contributed by atoms with van der Waals surface area (Å²) in [5.41, 5.74) is 0.518. The Morgan fingerprint density at radius 3 is 2.67 bits per heavy atom. The Hall–Kier alpha value is -1.20. The second-order valence-electron chi connectivity index (χ2n) is 5.98. The van der Waals surface area contributed by atoms with Crippen molar-refractivity contribution in [3.8, 4) is 0 Å². The van der Waals surface area contributed by atoms with Crippen LogP contribution in [0.15, 0.2) is 28.7 Å². The molecule has 1 N–H and O–H groups in total. The number of methoxy groups -OCH3 is 1. The number of benzene rings is 1. The van der Waals surface area contributed by atoms with E-state index in [4.69, 9.17) is 4.74 Å². The maximum absolute atomic E-state index is 12.6. The van der Waals surface area contributed by atoms with E-state index in [1.807, 2.05) is 24.3 Å². The van der Waals surface area contributed by atoms with Crippen molar-refractivity contribution in [1.29, 1.82) is 0 Å². The van der Waals surface area contributed by atoms with Crippen LogP contribution in [0.4, 0.5) is 0 Å². The number of imide groups is 1. The number of ether oxygens (including phenoxy) is 1. The lowest BCUT2D eigenvalue weighted by atomic mass is 9.64. The number of nitrogens with one attached hydrogen (secondary N) is 1. The summed E-state index contributed by atoms with van der Waals surface area (Å²) in [5.74, 6) is -0.364. The summed E-state index contributed by atoms with van der Waals surface area (Å²) < 4.78 is 6.33. The lowest BCUT2D eigenvalue weighted by Crippen LogP contribution is -2.53. The van der Waals surface area contributed by atoms with Crippen molar-refractivity contribution in [2.75, 3.05) is 13.7 Å². The van der Waals surface area contributed by atoms with Gasteiger partial charge in [0.1, 0.15) is 0 Å². The van der Waals surface area contributed by atoms with Gasteiger partial charge in [0.15, 0.2) is 0 Å². The molecule has 4 nitrogen and oxygen atoms in total. The number of carbonyl (C=O) groups excluding carboxylic acids is 2. The Morgan fingerprint density at radius 2 is 2.05 bits per heavy atom. The molecule has 0 radical (unpaired) electrons. The van der Waals surface area contributed by atoms with Crippen LogP contribution in [0.3, 0.4) is 0 Å². The number of halogens is 1. The number of carbonyl (C=O) groups is 2. The van der Waals surface area contributed by atoms with E-state index in [9.17, 15) is 9.59 Å². The third-order valence-corrected chi connectivity index (χ3v) is 5.33. The number of rotatable bonds is 4. The standard InChI is InChI=1S/C16H18BrNO3/c1-21-9-16(10-6-7-10)8-13(19)18-15(20)14(16)11-4-2-3-5-12(11)17/h2-5,10,14H,6-9H2,1H3,(H,18,19,20). The minimum Gasteiger partial charge on any atom is -0.384 e. The summed E-state index contributed by atoms with van der Waals surface area (Å²) in [7, 11) is 1.64. The molecule has 112 valence electrons. The first-order chi connectivity index (χ1) is 10.1. The number of amides is 2. The monoisotopic (exact) mass is 351 g/mol. The number of hydrogen-bond donors (Lipinski definition) is 1. The van der Waals surface area contributed by atoms with Crippen LogP contribution < -0.4 is 5.32 Å². The van der Waals surface area contributed by atoms with Crippen LogP contribution in [0.25, 0.3) is 0 Å². The molecule has 21 heavy (non-hydrogen) atoms. The van der Waals surface area contributed by atoms with Gasteiger partial charge in [-0.25, -0.2) is 0 Å². The fourth-order valence-corrected chi connectivity index (χ4v) is 4.15. The van der Waals surface area contributed by atoms with Gasteiger partial charge in [0, 0.05) is 23.4 Å². The van der Waals surface area contributed by atoms with E-state index in [0.717, 1.165) is 22.9 Å². The molecule has 2 amide bonds. The predicted molar refractivity (Wildman–Crippen MR) is 81.7 cm³/mol. The summed E-state index contributed by atoms with van der Waals surface area (Å²) in [4.78, 5) is 24.5. The molecule has 0 aromatic heterocycles. The van der Waals surface area contributed by atoms with Gasteiger partial charge >= 0.3 is 0 Å². The summed E-state index contributed by atoms with van der Waals surface area (Å²) in [6.07, 6.45) is 2.47. The Morgan fingerprint density at radius 1 is 1.33 bits per heavy atom. The molecule has 2 fully saturated rings. The van der Waals surface area contributed by atoms with Crippen LogP contribution in [-0.2, 0) is 14.3 Å². The quantitative estimate of drug-likeness (QED) is 0.848. The smallest absolute Gasteiger partial charge is 0.234 e. The lowest BCUT2D eigenvalue weighted by molar-refractivity contribution is -0.143. The van der Waals surface area contributed by atoms with Gasteiger partial charge < -0.3 is 4.74 Å². The minimum atomic E-state index is -0.419. The molecule has 1 saturated heterocycles. The molecule has 1 aliphatic heterocycles. The molecule has 0 bridgehead atoms. The Labute approximate surface area is 132 Å². The van der Waals surface area contributed by atoms with Crippen LogP contribution >= 0.6 is 15.9 Å². The third kappa shape index (κ3) is 2.53. The molecule has 2 aliphatic rings. The highest BCUT2D eigenvalue weighted by molar-refractivity contribution is 9.10. The molecule has 1 heterocycles. The van der Waals surface area contributed by atoms with Crippen molar-refractivity contribution in [2.24, 2.45) is 11.3 Å². The molecule has 1 saturated carbocycles. The lowest BCUT2D eigenvalue weighted by Gasteiger charge is -2.43. The van der Waals surface area contributed by atoms with E-state index in [0.29, 0.717) is 18.9 Å². The molecule has 0 spiro atoms. The van der Waals surface area contributed by atoms with Crippen molar-refractivity contribution in [3.63, 3.8) is 0 Å². The van der Waals surface area contributed by atoms with Crippen LogP contribution in [-0.4, -0.2) is 25.5 Å². The second kappa shape index (κ2) is 5.54. The molecule has 3 rings (SSSR count). The van der Waals surface area contributed by atoms with Gasteiger partial charge in [-0.3, -0.25) is 14.9 Å². The second-order valence-corrected chi connectivity index (χ2v) is 6.84. The van der Waals surface area contributed by atoms with E-state index >= 15 is 0 Å². The van der Waals surface area contributed by atoms with Gasteiger partial charge in [-0.15, -0.1) is 0 Å². The van der Waals surface area contributed by atoms with Crippen molar-refractivity contribution in [2.45, 2.75) is 25.2 Å². The summed E-state index contributed by atoms with van der Waals surface area (Å²) in [6.45, 7) is 0.433. The highest BCUT2D eigenvalue weighted by atomic mass is 79.9. The molecule has 1 aromatic carbocycles. The first-order valence-corrected chi connectivity index (χ1v) is 7.95. The van der Waals surface area contributed by atoms with Gasteiger partial charge in [0.25, 0.3) is 0 Å². The van der Waals surface area contributed by atoms with Gasteiger partial charge in [-0.1, -0.05) is 34.1 Å². The molecule has 2 atom stereocenters. The van der Waals surface area contributed by atoms with E-state index in [2.05, 4.69) is 21.2 Å². The average Bonchev–Trinajstić information content (AvgIpc) is 3.25. The van der Waals surface area contributed by atoms with Crippen LogP contribution in [0, 0.1) is 11.3 Å². The topological polar surface area (TPSA) is 55.4 Å². The minimum absolute atomic E-state index is 0.188. The fourth-order valence-electron chi connectivity index (χ4n) is 3.64. The summed E-state index contributed by atoms with van der Waals surface area (Å²) in [6, 6.07) is 7.74. The largest absolute Gasteiger partial charge is 0.384 e. The van der Waals surface area contributed by atoms with E-state index in [-0.39, 0.29) is 17.7 Å². The van der Waals surface area contributed by atoms with Crippen molar-refractivity contribution in [1.82, 2.24) is 5.32 Å². The molecule has 2 unspecified atom stereocenters. The zero-order valence-corrected chi connectivity index (χ0v) is 13.5.